The lowest BCUT2D eigenvalue weighted by Gasteiger charge is -2.12. The standard InChI is InChI=1S/C17H18ClNO2/c1-4-16-15(17(20)21-5-2)10-14(11(3)19-16)12-6-8-13(18)9-7-12/h6-10H,4-5H2,1-3H3. The number of hydrogen-bond donors (Lipinski definition) is 0. The minimum Gasteiger partial charge on any atom is -0.462 e. The van der Waals surface area contributed by atoms with Gasteiger partial charge in [-0.1, -0.05) is 30.7 Å². The smallest absolute Gasteiger partial charge is 0.340 e. The van der Waals surface area contributed by atoms with E-state index in [-0.39, 0.29) is 5.97 Å². The number of esters is 1. The van der Waals surface area contributed by atoms with Gasteiger partial charge in [0.2, 0.25) is 0 Å². The number of aromatic nitrogens is 1. The molecule has 0 N–H and O–H groups in total. The molecule has 21 heavy (non-hydrogen) atoms. The number of aryl methyl sites for hydroxylation is 2. The van der Waals surface area contributed by atoms with Gasteiger partial charge in [0.25, 0.3) is 0 Å². The number of pyridine rings is 1. The lowest BCUT2D eigenvalue weighted by Crippen LogP contribution is -2.10. The van der Waals surface area contributed by atoms with Gasteiger partial charge in [-0.3, -0.25) is 4.98 Å². The molecule has 3 nitrogen and oxygen atoms in total. The van der Waals surface area contributed by atoms with E-state index in [2.05, 4.69) is 4.98 Å². The summed E-state index contributed by atoms with van der Waals surface area (Å²) < 4.78 is 5.12. The molecule has 0 saturated carbocycles. The van der Waals surface area contributed by atoms with Gasteiger partial charge in [0, 0.05) is 16.3 Å². The van der Waals surface area contributed by atoms with E-state index < -0.39 is 0 Å². The summed E-state index contributed by atoms with van der Waals surface area (Å²) >= 11 is 5.92. The Hall–Kier alpha value is -1.87. The van der Waals surface area contributed by atoms with E-state index >= 15 is 0 Å². The molecule has 2 aromatic rings. The van der Waals surface area contributed by atoms with Crippen molar-refractivity contribution in [1.29, 1.82) is 0 Å². The predicted octanol–water partition coefficient (Wildman–Crippen LogP) is 4.45. The number of carbonyl (C=O) groups is 1. The third-order valence-corrected chi connectivity index (χ3v) is 3.53. The van der Waals surface area contributed by atoms with Crippen LogP contribution in [0.1, 0.15) is 35.6 Å². The van der Waals surface area contributed by atoms with Crippen molar-refractivity contribution in [1.82, 2.24) is 4.98 Å². The van der Waals surface area contributed by atoms with Crippen LogP contribution in [0.3, 0.4) is 0 Å². The fourth-order valence-electron chi connectivity index (χ4n) is 2.23. The van der Waals surface area contributed by atoms with Gasteiger partial charge < -0.3 is 4.74 Å². The maximum atomic E-state index is 12.1. The van der Waals surface area contributed by atoms with E-state index in [1.54, 1.807) is 6.92 Å². The summed E-state index contributed by atoms with van der Waals surface area (Å²) in [5.74, 6) is -0.322. The molecule has 1 aromatic heterocycles. The van der Waals surface area contributed by atoms with Crippen molar-refractivity contribution in [3.63, 3.8) is 0 Å². The van der Waals surface area contributed by atoms with Gasteiger partial charge in [0.05, 0.1) is 17.9 Å². The molecule has 0 saturated heterocycles. The minimum absolute atomic E-state index is 0.322. The van der Waals surface area contributed by atoms with Crippen LogP contribution in [0.2, 0.25) is 5.02 Å². The van der Waals surface area contributed by atoms with Crippen LogP contribution in [-0.2, 0) is 11.2 Å². The van der Waals surface area contributed by atoms with Crippen molar-refractivity contribution >= 4 is 17.6 Å². The number of halogens is 1. The molecule has 0 aliphatic rings. The van der Waals surface area contributed by atoms with Gasteiger partial charge >= 0.3 is 5.97 Å². The zero-order valence-electron chi connectivity index (χ0n) is 12.4. The summed E-state index contributed by atoms with van der Waals surface area (Å²) in [4.78, 5) is 16.6. The fraction of sp³-hybridized carbons (Fsp3) is 0.294. The van der Waals surface area contributed by atoms with Crippen LogP contribution in [0.4, 0.5) is 0 Å². The topological polar surface area (TPSA) is 39.2 Å². The van der Waals surface area contributed by atoms with Crippen molar-refractivity contribution in [3.8, 4) is 11.1 Å². The van der Waals surface area contributed by atoms with E-state index in [1.807, 2.05) is 44.2 Å². The van der Waals surface area contributed by atoms with Crippen LogP contribution in [0.5, 0.6) is 0 Å². The average Bonchev–Trinajstić information content (AvgIpc) is 2.48. The molecule has 4 heteroatoms. The number of rotatable bonds is 4. The molecule has 0 aliphatic carbocycles. The minimum atomic E-state index is -0.322. The van der Waals surface area contributed by atoms with Gasteiger partial charge in [0.1, 0.15) is 0 Å². The average molecular weight is 304 g/mol. The third-order valence-electron chi connectivity index (χ3n) is 3.28. The molecule has 0 bridgehead atoms. The van der Waals surface area contributed by atoms with E-state index in [9.17, 15) is 4.79 Å². The lowest BCUT2D eigenvalue weighted by molar-refractivity contribution is 0.0524. The van der Waals surface area contributed by atoms with Crippen LogP contribution in [0.25, 0.3) is 11.1 Å². The third kappa shape index (κ3) is 3.42. The zero-order valence-corrected chi connectivity index (χ0v) is 13.2. The Kier molecular flexibility index (Phi) is 4.97. The highest BCUT2D eigenvalue weighted by Crippen LogP contribution is 2.26. The normalized spacial score (nSPS) is 10.5. The molecule has 0 unspecified atom stereocenters. The van der Waals surface area contributed by atoms with Crippen LogP contribution >= 0.6 is 11.6 Å². The van der Waals surface area contributed by atoms with Crippen molar-refractivity contribution in [2.24, 2.45) is 0 Å². The van der Waals surface area contributed by atoms with E-state index in [0.717, 1.165) is 22.5 Å². The number of nitrogens with zero attached hydrogens (tertiary/aromatic N) is 1. The summed E-state index contributed by atoms with van der Waals surface area (Å²) in [5.41, 5.74) is 4.10. The summed E-state index contributed by atoms with van der Waals surface area (Å²) in [6.07, 6.45) is 0.690. The van der Waals surface area contributed by atoms with Crippen molar-refractivity contribution in [2.45, 2.75) is 27.2 Å². The molecule has 0 aliphatic heterocycles. The number of benzene rings is 1. The van der Waals surface area contributed by atoms with Gasteiger partial charge in [0.15, 0.2) is 0 Å². The summed E-state index contributed by atoms with van der Waals surface area (Å²) in [5, 5.41) is 0.681. The lowest BCUT2D eigenvalue weighted by atomic mass is 10.00. The molecule has 0 fully saturated rings. The molecular formula is C17H18ClNO2. The first-order chi connectivity index (χ1) is 10.1. The molecule has 1 heterocycles. The van der Waals surface area contributed by atoms with Crippen molar-refractivity contribution in [2.75, 3.05) is 6.61 Å². The second-order valence-corrected chi connectivity index (χ2v) is 5.13. The Balaban J connectivity index is 2.54. The highest BCUT2D eigenvalue weighted by Gasteiger charge is 2.16. The highest BCUT2D eigenvalue weighted by molar-refractivity contribution is 6.30. The number of ether oxygens (including phenoxy) is 1. The second-order valence-electron chi connectivity index (χ2n) is 4.70. The molecule has 110 valence electrons. The van der Waals surface area contributed by atoms with Crippen LogP contribution in [0, 0.1) is 6.92 Å². The summed E-state index contributed by atoms with van der Waals surface area (Å²) in [6, 6.07) is 9.37. The van der Waals surface area contributed by atoms with E-state index in [0.29, 0.717) is 23.6 Å². The highest BCUT2D eigenvalue weighted by atomic mass is 35.5. The van der Waals surface area contributed by atoms with Crippen molar-refractivity contribution in [3.05, 3.63) is 52.3 Å². The summed E-state index contributed by atoms with van der Waals surface area (Å²) in [6.45, 7) is 6.07. The Morgan fingerprint density at radius 2 is 1.90 bits per heavy atom. The summed E-state index contributed by atoms with van der Waals surface area (Å²) in [7, 11) is 0. The van der Waals surface area contributed by atoms with E-state index in [4.69, 9.17) is 16.3 Å². The van der Waals surface area contributed by atoms with Crippen LogP contribution in [0.15, 0.2) is 30.3 Å². The second kappa shape index (κ2) is 6.72. The molecular weight excluding hydrogens is 286 g/mol. The molecule has 0 amide bonds. The van der Waals surface area contributed by atoms with Gasteiger partial charge in [-0.2, -0.15) is 0 Å². The molecule has 2 rings (SSSR count). The molecule has 0 atom stereocenters. The maximum absolute atomic E-state index is 12.1. The largest absolute Gasteiger partial charge is 0.462 e. The first kappa shape index (κ1) is 15.5. The number of hydrogen-bond acceptors (Lipinski definition) is 3. The monoisotopic (exact) mass is 303 g/mol. The van der Waals surface area contributed by atoms with Gasteiger partial charge in [-0.15, -0.1) is 0 Å². The Bertz CT molecular complexity index is 651. The fourth-order valence-corrected chi connectivity index (χ4v) is 2.36. The molecule has 0 radical (unpaired) electrons. The van der Waals surface area contributed by atoms with E-state index in [1.165, 1.54) is 0 Å². The van der Waals surface area contributed by atoms with Crippen LogP contribution in [-0.4, -0.2) is 17.6 Å². The quantitative estimate of drug-likeness (QED) is 0.783. The molecule has 0 spiro atoms. The zero-order chi connectivity index (χ0) is 15.4. The van der Waals surface area contributed by atoms with Gasteiger partial charge in [-0.05, 0) is 44.0 Å². The predicted molar refractivity (Wildman–Crippen MR) is 84.8 cm³/mol. The SMILES string of the molecule is CCOC(=O)c1cc(-c2ccc(Cl)cc2)c(C)nc1CC. The van der Waals surface area contributed by atoms with Gasteiger partial charge in [-0.25, -0.2) is 4.79 Å². The number of carbonyl (C=O) groups excluding carboxylic acids is 1. The Morgan fingerprint density at radius 1 is 1.24 bits per heavy atom. The molecule has 1 aromatic carbocycles. The maximum Gasteiger partial charge on any atom is 0.340 e. The van der Waals surface area contributed by atoms with Crippen LogP contribution < -0.4 is 0 Å². The first-order valence-electron chi connectivity index (χ1n) is 7.00. The van der Waals surface area contributed by atoms with Crippen molar-refractivity contribution < 1.29 is 9.53 Å². The first-order valence-corrected chi connectivity index (χ1v) is 7.38. The Labute approximate surface area is 129 Å². The Morgan fingerprint density at radius 3 is 2.48 bits per heavy atom.